The van der Waals surface area contributed by atoms with E-state index in [4.69, 9.17) is 49.0 Å². The average Bonchev–Trinajstić information content (AvgIpc) is 3.00. The number of methoxy groups -OCH3 is 3. The zero-order chi connectivity index (χ0) is 32.6. The number of ether oxygens (including phenoxy) is 3. The number of anilines is 1. The fourth-order valence-corrected chi connectivity index (χ4v) is 6.66. The molecule has 44 heavy (non-hydrogen) atoms. The minimum atomic E-state index is -4.48. The molecule has 1 unspecified atom stereocenters. The van der Waals surface area contributed by atoms with Crippen molar-refractivity contribution < 1.29 is 32.2 Å². The molecule has 0 saturated carbocycles. The molecule has 2 amide bonds. The third-order valence-electron chi connectivity index (χ3n) is 6.76. The first-order valence-corrected chi connectivity index (χ1v) is 16.1. The molecule has 1 N–H and O–H groups in total. The highest BCUT2D eigenvalue weighted by Gasteiger charge is 2.35. The van der Waals surface area contributed by atoms with Gasteiger partial charge in [0.25, 0.3) is 10.0 Å². The molecule has 0 bridgehead atoms. The van der Waals surface area contributed by atoms with Crippen LogP contribution >= 0.6 is 34.8 Å². The van der Waals surface area contributed by atoms with Gasteiger partial charge in [0, 0.05) is 39.8 Å². The van der Waals surface area contributed by atoms with Crippen LogP contribution in [0.5, 0.6) is 17.2 Å². The summed E-state index contributed by atoms with van der Waals surface area (Å²) in [5.41, 5.74) is 0.409. The van der Waals surface area contributed by atoms with E-state index in [-0.39, 0.29) is 50.1 Å². The molecule has 0 aromatic heterocycles. The molecule has 10 nitrogen and oxygen atoms in total. The summed E-state index contributed by atoms with van der Waals surface area (Å²) in [5, 5.41) is 3.52. The number of carbonyl (C=O) groups excluding carboxylic acids is 2. The fraction of sp³-hybridized carbons (Fsp3) is 0.333. The summed E-state index contributed by atoms with van der Waals surface area (Å²) in [6.07, 6.45) is 0.225. The van der Waals surface area contributed by atoms with Crippen LogP contribution in [0.3, 0.4) is 0 Å². The number of likely N-dealkylation sites (N-methyl/N-ethyl adjacent to an activating group) is 1. The number of rotatable bonds is 14. The van der Waals surface area contributed by atoms with E-state index in [2.05, 4.69) is 5.32 Å². The zero-order valence-electron chi connectivity index (χ0n) is 24.9. The first kappa shape index (κ1) is 35.1. The van der Waals surface area contributed by atoms with Crippen molar-refractivity contribution in [2.45, 2.75) is 37.8 Å². The quantitative estimate of drug-likeness (QED) is 0.228. The lowest BCUT2D eigenvalue weighted by Crippen LogP contribution is -2.52. The molecule has 0 aliphatic heterocycles. The van der Waals surface area contributed by atoms with Gasteiger partial charge in [-0.25, -0.2) is 8.42 Å². The Kier molecular flexibility index (Phi) is 12.4. The number of amides is 2. The number of nitrogens with one attached hydrogen (secondary N) is 1. The Morgan fingerprint density at radius 2 is 1.48 bits per heavy atom. The maximum atomic E-state index is 14.3. The van der Waals surface area contributed by atoms with E-state index in [9.17, 15) is 18.0 Å². The van der Waals surface area contributed by atoms with E-state index in [1.54, 1.807) is 32.0 Å². The van der Waals surface area contributed by atoms with Gasteiger partial charge in [-0.3, -0.25) is 13.9 Å². The van der Waals surface area contributed by atoms with Crippen molar-refractivity contribution in [2.24, 2.45) is 0 Å². The van der Waals surface area contributed by atoms with E-state index in [1.807, 2.05) is 0 Å². The van der Waals surface area contributed by atoms with E-state index >= 15 is 0 Å². The largest absolute Gasteiger partial charge is 0.495 e. The molecule has 1 atom stereocenters. The Morgan fingerprint density at radius 3 is 2.05 bits per heavy atom. The number of hydrogen-bond donors (Lipinski definition) is 1. The Bertz CT molecular complexity index is 1580. The first-order valence-electron chi connectivity index (χ1n) is 13.5. The molecular weight excluding hydrogens is 653 g/mol. The van der Waals surface area contributed by atoms with E-state index in [0.29, 0.717) is 17.9 Å². The topological polar surface area (TPSA) is 114 Å². The molecule has 0 saturated heterocycles. The van der Waals surface area contributed by atoms with Crippen molar-refractivity contribution in [3.05, 3.63) is 75.2 Å². The van der Waals surface area contributed by atoms with Crippen LogP contribution in [-0.2, 0) is 26.2 Å². The van der Waals surface area contributed by atoms with Crippen molar-refractivity contribution >= 4 is 62.3 Å². The molecule has 0 fully saturated rings. The molecule has 0 aliphatic carbocycles. The van der Waals surface area contributed by atoms with Crippen LogP contribution in [0.15, 0.2) is 59.5 Å². The van der Waals surface area contributed by atoms with Gasteiger partial charge >= 0.3 is 0 Å². The monoisotopic (exact) mass is 685 g/mol. The van der Waals surface area contributed by atoms with Crippen LogP contribution in [0.2, 0.25) is 15.1 Å². The van der Waals surface area contributed by atoms with E-state index < -0.39 is 34.4 Å². The highest BCUT2D eigenvalue weighted by atomic mass is 35.5. The lowest BCUT2D eigenvalue weighted by Gasteiger charge is -2.33. The number of sulfonamides is 1. The normalized spacial score (nSPS) is 11.8. The average molecular weight is 687 g/mol. The highest BCUT2D eigenvalue weighted by Crippen LogP contribution is 2.37. The number of benzene rings is 3. The van der Waals surface area contributed by atoms with Crippen molar-refractivity contribution in [1.82, 2.24) is 10.2 Å². The van der Waals surface area contributed by atoms with Crippen LogP contribution in [0.1, 0.15) is 25.8 Å². The summed E-state index contributed by atoms with van der Waals surface area (Å²) >= 11 is 19.2. The summed E-state index contributed by atoms with van der Waals surface area (Å²) in [7, 11) is -0.320. The molecule has 0 spiro atoms. The molecule has 3 rings (SSSR count). The van der Waals surface area contributed by atoms with Gasteiger partial charge in [0.1, 0.15) is 18.3 Å². The molecule has 0 aliphatic rings. The lowest BCUT2D eigenvalue weighted by atomic mass is 10.1. The standard InChI is InChI=1S/C30H34Cl3N3O7S/c1-6-24(30(38)34-7-2)35(17-21-22(32)9-8-10-23(21)33)29(37)18-36(25-15-19(31)11-13-26(25)41-3)44(39,40)20-12-14-27(42-4)28(16-20)43-5/h8-16,24H,6-7,17-18H2,1-5H3,(H,34,38). The smallest absolute Gasteiger partial charge is 0.265 e. The number of hydrogen-bond acceptors (Lipinski definition) is 7. The number of halogens is 3. The minimum absolute atomic E-state index is 0.00455. The summed E-state index contributed by atoms with van der Waals surface area (Å²) < 4.78 is 45.6. The summed E-state index contributed by atoms with van der Waals surface area (Å²) in [5.74, 6) is -0.505. The van der Waals surface area contributed by atoms with Crippen LogP contribution in [-0.4, -0.2) is 65.6 Å². The lowest BCUT2D eigenvalue weighted by molar-refractivity contribution is -0.140. The number of nitrogens with zero attached hydrogens (tertiary/aromatic N) is 2. The Balaban J connectivity index is 2.21. The fourth-order valence-electron chi connectivity index (χ4n) is 4.54. The highest BCUT2D eigenvalue weighted by molar-refractivity contribution is 7.92. The van der Waals surface area contributed by atoms with Crippen molar-refractivity contribution in [3.63, 3.8) is 0 Å². The molecule has 238 valence electrons. The second-order valence-electron chi connectivity index (χ2n) is 9.39. The van der Waals surface area contributed by atoms with E-state index in [0.717, 1.165) is 4.31 Å². The van der Waals surface area contributed by atoms with Crippen molar-refractivity contribution in [3.8, 4) is 17.2 Å². The van der Waals surface area contributed by atoms with Crippen molar-refractivity contribution in [1.29, 1.82) is 0 Å². The summed E-state index contributed by atoms with van der Waals surface area (Å²) in [6, 6.07) is 12.4. The maximum Gasteiger partial charge on any atom is 0.265 e. The zero-order valence-corrected chi connectivity index (χ0v) is 28.0. The van der Waals surface area contributed by atoms with Gasteiger partial charge in [-0.1, -0.05) is 47.8 Å². The molecule has 3 aromatic carbocycles. The molecule has 0 radical (unpaired) electrons. The van der Waals surface area contributed by atoms with Crippen LogP contribution in [0, 0.1) is 0 Å². The van der Waals surface area contributed by atoms with Crippen molar-refractivity contribution in [2.75, 3.05) is 38.7 Å². The number of carbonyl (C=O) groups is 2. The van der Waals surface area contributed by atoms with Gasteiger partial charge in [0.2, 0.25) is 11.8 Å². The third-order valence-corrected chi connectivity index (χ3v) is 9.46. The Labute approximate surface area is 272 Å². The van der Waals surface area contributed by atoms with Gasteiger partial charge in [0.05, 0.1) is 31.9 Å². The van der Waals surface area contributed by atoms with Gasteiger partial charge in [-0.05, 0) is 55.8 Å². The molecular formula is C30H34Cl3N3O7S. The van der Waals surface area contributed by atoms with E-state index in [1.165, 1.54) is 62.6 Å². The van der Waals surface area contributed by atoms with Gasteiger partial charge in [0.15, 0.2) is 11.5 Å². The van der Waals surface area contributed by atoms with Crippen LogP contribution in [0.4, 0.5) is 5.69 Å². The van der Waals surface area contributed by atoms with Crippen LogP contribution < -0.4 is 23.8 Å². The van der Waals surface area contributed by atoms with Gasteiger partial charge in [-0.15, -0.1) is 0 Å². The third kappa shape index (κ3) is 7.82. The van der Waals surface area contributed by atoms with Gasteiger partial charge < -0.3 is 24.4 Å². The maximum absolute atomic E-state index is 14.3. The Morgan fingerprint density at radius 1 is 0.864 bits per heavy atom. The second kappa shape index (κ2) is 15.6. The summed E-state index contributed by atoms with van der Waals surface area (Å²) in [6.45, 7) is 2.93. The minimum Gasteiger partial charge on any atom is -0.495 e. The second-order valence-corrected chi connectivity index (χ2v) is 12.5. The predicted octanol–water partition coefficient (Wildman–Crippen LogP) is 5.81. The molecule has 0 heterocycles. The van der Waals surface area contributed by atoms with Crippen LogP contribution in [0.25, 0.3) is 0 Å². The predicted molar refractivity (Wildman–Crippen MR) is 172 cm³/mol. The molecule has 14 heteroatoms. The summed E-state index contributed by atoms with van der Waals surface area (Å²) in [4.78, 5) is 28.5. The first-order chi connectivity index (χ1) is 20.9. The Hall–Kier alpha value is -3.38. The SMILES string of the molecule is CCNC(=O)C(CC)N(Cc1c(Cl)cccc1Cl)C(=O)CN(c1cc(Cl)ccc1OC)S(=O)(=O)c1ccc(OC)c(OC)c1. The molecule has 3 aromatic rings. The van der Waals surface area contributed by atoms with Gasteiger partial charge in [-0.2, -0.15) is 0 Å².